The van der Waals surface area contributed by atoms with E-state index in [0.717, 1.165) is 77.8 Å². The SMILES string of the molecule is COc1cc2cc(c1OC)OCCCC(OC(=O)C1CC1)CCN1CCCN(CCCOC2=O)CC1. The number of hydrogen-bond acceptors (Lipinski definition) is 9. The lowest BCUT2D eigenvalue weighted by Crippen LogP contribution is -2.34. The van der Waals surface area contributed by atoms with E-state index >= 15 is 0 Å². The van der Waals surface area contributed by atoms with Gasteiger partial charge >= 0.3 is 11.9 Å². The Morgan fingerprint density at radius 1 is 0.833 bits per heavy atom. The van der Waals surface area contributed by atoms with Crippen molar-refractivity contribution in [3.05, 3.63) is 17.7 Å². The molecule has 200 valence electrons. The van der Waals surface area contributed by atoms with Crippen molar-refractivity contribution in [3.63, 3.8) is 0 Å². The maximum Gasteiger partial charge on any atom is 0.338 e. The normalized spacial score (nSPS) is 26.3. The van der Waals surface area contributed by atoms with Crippen molar-refractivity contribution in [2.24, 2.45) is 5.92 Å². The zero-order chi connectivity index (χ0) is 25.3. The molecule has 4 rings (SSSR count). The van der Waals surface area contributed by atoms with Gasteiger partial charge in [0, 0.05) is 26.2 Å². The van der Waals surface area contributed by atoms with Crippen LogP contribution < -0.4 is 14.2 Å². The molecule has 2 aliphatic heterocycles. The summed E-state index contributed by atoms with van der Waals surface area (Å²) in [4.78, 5) is 30.1. The number of fused-ring (bicyclic) bond motifs is 5. The number of carbonyl (C=O) groups excluding carboxylic acids is 2. The van der Waals surface area contributed by atoms with Crippen LogP contribution >= 0.6 is 0 Å². The molecule has 0 radical (unpaired) electrons. The van der Waals surface area contributed by atoms with Crippen LogP contribution in [0.15, 0.2) is 12.1 Å². The predicted molar refractivity (Wildman–Crippen MR) is 134 cm³/mol. The minimum atomic E-state index is -0.409. The number of rotatable bonds is 4. The summed E-state index contributed by atoms with van der Waals surface area (Å²) >= 11 is 0. The Kier molecular flexibility index (Phi) is 9.69. The zero-order valence-electron chi connectivity index (χ0n) is 21.7. The first-order valence-corrected chi connectivity index (χ1v) is 13.3. The van der Waals surface area contributed by atoms with Crippen LogP contribution in [-0.4, -0.2) is 94.5 Å². The van der Waals surface area contributed by atoms with E-state index in [1.165, 1.54) is 7.11 Å². The highest BCUT2D eigenvalue weighted by molar-refractivity contribution is 5.91. The molecular formula is C27H40N2O7. The highest BCUT2D eigenvalue weighted by Crippen LogP contribution is 2.39. The van der Waals surface area contributed by atoms with Crippen molar-refractivity contribution >= 4 is 11.9 Å². The van der Waals surface area contributed by atoms with E-state index in [1.807, 2.05) is 0 Å². The Morgan fingerprint density at radius 3 is 2.28 bits per heavy atom. The molecule has 0 amide bonds. The number of esters is 2. The summed E-state index contributed by atoms with van der Waals surface area (Å²) in [5.74, 6) is 0.901. The van der Waals surface area contributed by atoms with Gasteiger partial charge in [-0.2, -0.15) is 0 Å². The van der Waals surface area contributed by atoms with E-state index in [9.17, 15) is 9.59 Å². The summed E-state index contributed by atoms with van der Waals surface area (Å²) in [7, 11) is 3.07. The molecule has 9 nitrogen and oxygen atoms in total. The third kappa shape index (κ3) is 7.49. The molecule has 0 aromatic heterocycles. The molecule has 1 aromatic rings. The maximum atomic E-state index is 12.8. The van der Waals surface area contributed by atoms with E-state index in [0.29, 0.717) is 42.4 Å². The fraction of sp³-hybridized carbons (Fsp3) is 0.704. The van der Waals surface area contributed by atoms with Crippen molar-refractivity contribution in [2.45, 2.75) is 51.0 Å². The minimum Gasteiger partial charge on any atom is -0.493 e. The van der Waals surface area contributed by atoms with Crippen LogP contribution in [0.1, 0.15) is 55.3 Å². The fourth-order valence-electron chi connectivity index (χ4n) is 4.82. The second kappa shape index (κ2) is 13.1. The molecule has 2 fully saturated rings. The highest BCUT2D eigenvalue weighted by Gasteiger charge is 2.33. The van der Waals surface area contributed by atoms with Gasteiger partial charge in [0.05, 0.1) is 38.9 Å². The first kappa shape index (κ1) is 26.5. The predicted octanol–water partition coefficient (Wildman–Crippen LogP) is 3.14. The molecule has 1 aliphatic carbocycles. The lowest BCUT2D eigenvalue weighted by molar-refractivity contribution is -0.151. The molecule has 1 saturated heterocycles. The maximum absolute atomic E-state index is 12.8. The standard InChI is InChI=1S/C27H40N2O7/c1-32-23-18-21-19-24(25(23)33-2)34-16-3-6-22(36-27(31)20-7-8-20)9-13-29-11-4-10-28(14-15-29)12-5-17-35-26(21)30/h18-20,22H,3-17H2,1-2H3. The lowest BCUT2D eigenvalue weighted by atomic mass is 10.1. The van der Waals surface area contributed by atoms with Gasteiger partial charge in [-0.15, -0.1) is 0 Å². The van der Waals surface area contributed by atoms with E-state index < -0.39 is 5.97 Å². The average molecular weight is 505 g/mol. The number of carbonyl (C=O) groups is 2. The second-order valence-electron chi connectivity index (χ2n) is 9.85. The summed E-state index contributed by atoms with van der Waals surface area (Å²) in [5, 5.41) is 0. The Labute approximate surface area is 213 Å². The number of cyclic esters (lactones) is 1. The van der Waals surface area contributed by atoms with Gasteiger partial charge in [0.1, 0.15) is 6.10 Å². The largest absolute Gasteiger partial charge is 0.493 e. The minimum absolute atomic E-state index is 0.0565. The van der Waals surface area contributed by atoms with E-state index in [1.54, 1.807) is 19.2 Å². The van der Waals surface area contributed by atoms with E-state index in [-0.39, 0.29) is 18.0 Å². The van der Waals surface area contributed by atoms with Crippen molar-refractivity contribution in [1.82, 2.24) is 9.80 Å². The monoisotopic (exact) mass is 504 g/mol. The molecule has 3 aliphatic rings. The first-order valence-electron chi connectivity index (χ1n) is 13.3. The topological polar surface area (TPSA) is 86.8 Å². The smallest absolute Gasteiger partial charge is 0.338 e. The molecule has 3 atom stereocenters. The van der Waals surface area contributed by atoms with Crippen molar-refractivity contribution in [3.8, 4) is 17.2 Å². The molecular weight excluding hydrogens is 464 g/mol. The first-order chi connectivity index (χ1) is 17.6. The molecule has 36 heavy (non-hydrogen) atoms. The Balaban J connectivity index is 1.48. The van der Waals surface area contributed by atoms with Crippen molar-refractivity contribution < 1.29 is 33.3 Å². The Morgan fingerprint density at radius 2 is 1.56 bits per heavy atom. The van der Waals surface area contributed by atoms with Gasteiger partial charge in [-0.3, -0.25) is 4.79 Å². The number of benzene rings is 1. The van der Waals surface area contributed by atoms with Gasteiger partial charge in [0.2, 0.25) is 5.75 Å². The highest BCUT2D eigenvalue weighted by atomic mass is 16.5. The summed E-state index contributed by atoms with van der Waals surface area (Å²) < 4.78 is 28.4. The molecule has 2 heterocycles. The Hall–Kier alpha value is -2.52. The fourth-order valence-corrected chi connectivity index (χ4v) is 4.82. The van der Waals surface area contributed by atoms with Crippen LogP contribution in [0.4, 0.5) is 0 Å². The van der Waals surface area contributed by atoms with Crippen LogP contribution in [0.5, 0.6) is 17.2 Å². The summed E-state index contributed by atoms with van der Waals surface area (Å²) in [5.41, 5.74) is 0.363. The average Bonchev–Trinajstić information content (AvgIpc) is 3.74. The lowest BCUT2D eigenvalue weighted by Gasteiger charge is -2.24. The molecule has 0 N–H and O–H groups in total. The van der Waals surface area contributed by atoms with Gasteiger partial charge in [0.15, 0.2) is 11.5 Å². The zero-order valence-corrected chi connectivity index (χ0v) is 21.7. The third-order valence-corrected chi connectivity index (χ3v) is 7.10. The van der Waals surface area contributed by atoms with Gasteiger partial charge < -0.3 is 33.5 Å². The quantitative estimate of drug-likeness (QED) is 0.574. The Bertz CT molecular complexity index is 889. The van der Waals surface area contributed by atoms with Crippen LogP contribution in [-0.2, 0) is 14.3 Å². The third-order valence-electron chi connectivity index (χ3n) is 7.10. The van der Waals surface area contributed by atoms with Gasteiger partial charge in [0.25, 0.3) is 0 Å². The second-order valence-corrected chi connectivity index (χ2v) is 9.85. The van der Waals surface area contributed by atoms with Crippen molar-refractivity contribution in [2.75, 3.05) is 66.7 Å². The number of ether oxygens (including phenoxy) is 5. The molecule has 1 saturated carbocycles. The molecule has 1 aromatic carbocycles. The summed E-state index contributed by atoms with van der Waals surface area (Å²) in [6, 6.07) is 3.26. The van der Waals surface area contributed by atoms with Gasteiger partial charge in [-0.05, 0) is 70.2 Å². The molecule has 0 spiro atoms. The van der Waals surface area contributed by atoms with Crippen LogP contribution in [0, 0.1) is 5.92 Å². The number of hydrogen-bond donors (Lipinski definition) is 0. The molecule has 9 heteroatoms. The van der Waals surface area contributed by atoms with Crippen LogP contribution in [0.3, 0.4) is 0 Å². The molecule has 3 unspecified atom stereocenters. The van der Waals surface area contributed by atoms with Crippen LogP contribution in [0.25, 0.3) is 0 Å². The van der Waals surface area contributed by atoms with Crippen molar-refractivity contribution in [1.29, 1.82) is 0 Å². The van der Waals surface area contributed by atoms with Gasteiger partial charge in [-0.1, -0.05) is 0 Å². The van der Waals surface area contributed by atoms with E-state index in [2.05, 4.69) is 9.80 Å². The summed E-state index contributed by atoms with van der Waals surface area (Å²) in [6.07, 6.45) is 5.90. The van der Waals surface area contributed by atoms with Gasteiger partial charge in [-0.25, -0.2) is 4.79 Å². The molecule has 4 bridgehead atoms. The number of nitrogens with zero attached hydrogens (tertiary/aromatic N) is 2. The number of methoxy groups -OCH3 is 2. The summed E-state index contributed by atoms with van der Waals surface area (Å²) in [6.45, 7) is 6.65. The van der Waals surface area contributed by atoms with Crippen LogP contribution in [0.2, 0.25) is 0 Å². The van der Waals surface area contributed by atoms with E-state index in [4.69, 9.17) is 23.7 Å².